The van der Waals surface area contributed by atoms with Crippen LogP contribution in [0.2, 0.25) is 0 Å². The largest absolute Gasteiger partial charge is 0.368 e. The molecule has 2 amide bonds. The number of hydrogen-bond donors (Lipinski definition) is 3. The van der Waals surface area contributed by atoms with Crippen molar-refractivity contribution in [2.24, 2.45) is 29.1 Å². The Morgan fingerprint density at radius 3 is 2.16 bits per heavy atom. The maximum absolute atomic E-state index is 12.3. The van der Waals surface area contributed by atoms with Crippen LogP contribution < -0.4 is 17.3 Å². The van der Waals surface area contributed by atoms with Gasteiger partial charge >= 0.3 is 0 Å². The number of Topliss-reactive ketones (excluding diaryl/α,β-unsaturated/α-hetero) is 1. The zero-order valence-corrected chi connectivity index (χ0v) is 11.2. The highest BCUT2D eigenvalue weighted by molar-refractivity contribution is 5.91. The molecule has 0 bridgehead atoms. The standard InChI is InChI=1S/C12H22N4O3/c1-7(17)8-4-2-3-5-9(8)12(19)16(15)10(6-13)11(14)18/h8-10H,2-6,13,15H2,1H3,(H2,14,18)/t8-,9-,10+/m0/s1. The van der Waals surface area contributed by atoms with E-state index in [1.165, 1.54) is 6.92 Å². The average Bonchev–Trinajstić information content (AvgIpc) is 2.38. The molecule has 1 aliphatic carbocycles. The summed E-state index contributed by atoms with van der Waals surface area (Å²) < 4.78 is 0. The first-order chi connectivity index (χ1) is 8.90. The molecule has 1 aliphatic rings. The Morgan fingerprint density at radius 1 is 1.21 bits per heavy atom. The van der Waals surface area contributed by atoms with Crippen LogP contribution in [0.4, 0.5) is 0 Å². The number of nitrogens with two attached hydrogens (primary N) is 3. The Hall–Kier alpha value is -1.47. The summed E-state index contributed by atoms with van der Waals surface area (Å²) in [7, 11) is 0. The van der Waals surface area contributed by atoms with Crippen LogP contribution >= 0.6 is 0 Å². The van der Waals surface area contributed by atoms with Crippen molar-refractivity contribution in [3.8, 4) is 0 Å². The van der Waals surface area contributed by atoms with Gasteiger partial charge < -0.3 is 11.5 Å². The molecule has 19 heavy (non-hydrogen) atoms. The van der Waals surface area contributed by atoms with Crippen molar-refractivity contribution in [3.63, 3.8) is 0 Å². The summed E-state index contributed by atoms with van der Waals surface area (Å²) in [5.41, 5.74) is 10.5. The summed E-state index contributed by atoms with van der Waals surface area (Å²) in [6, 6.07) is -1.03. The van der Waals surface area contributed by atoms with Gasteiger partial charge in [0.2, 0.25) is 11.8 Å². The van der Waals surface area contributed by atoms with E-state index in [0.29, 0.717) is 12.8 Å². The molecule has 6 N–H and O–H groups in total. The Labute approximate surface area is 112 Å². The van der Waals surface area contributed by atoms with Crippen LogP contribution in [0.3, 0.4) is 0 Å². The van der Waals surface area contributed by atoms with Crippen LogP contribution in [0.15, 0.2) is 0 Å². The lowest BCUT2D eigenvalue weighted by atomic mass is 9.76. The SMILES string of the molecule is CC(=O)[C@@H]1CCCC[C@@H]1C(=O)N(N)[C@H](CN)C(N)=O. The smallest absolute Gasteiger partial charge is 0.243 e. The number of hydrogen-bond acceptors (Lipinski definition) is 5. The summed E-state index contributed by atoms with van der Waals surface area (Å²) in [5, 5.41) is 0.800. The number of rotatable bonds is 5. The quantitative estimate of drug-likeness (QED) is 0.331. The molecule has 1 fully saturated rings. The van der Waals surface area contributed by atoms with E-state index in [2.05, 4.69) is 0 Å². The zero-order chi connectivity index (χ0) is 14.6. The van der Waals surface area contributed by atoms with Gasteiger partial charge in [-0.3, -0.25) is 19.4 Å². The Morgan fingerprint density at radius 2 is 1.74 bits per heavy atom. The fourth-order valence-electron chi connectivity index (χ4n) is 2.62. The summed E-state index contributed by atoms with van der Waals surface area (Å²) in [4.78, 5) is 35.1. The van der Waals surface area contributed by atoms with Crippen molar-refractivity contribution in [2.45, 2.75) is 38.6 Å². The van der Waals surface area contributed by atoms with Crippen molar-refractivity contribution in [1.82, 2.24) is 5.01 Å². The predicted octanol–water partition coefficient (Wildman–Crippen LogP) is -1.10. The highest BCUT2D eigenvalue weighted by atomic mass is 16.2. The van der Waals surface area contributed by atoms with E-state index in [1.807, 2.05) is 0 Å². The minimum absolute atomic E-state index is 0.0187. The Balaban J connectivity index is 2.84. The minimum Gasteiger partial charge on any atom is -0.368 e. The van der Waals surface area contributed by atoms with Crippen molar-refractivity contribution in [2.75, 3.05) is 6.54 Å². The van der Waals surface area contributed by atoms with Gasteiger partial charge in [-0.2, -0.15) is 0 Å². The Bertz CT molecular complexity index is 372. The molecular formula is C12H22N4O3. The number of amides is 2. The van der Waals surface area contributed by atoms with E-state index in [0.717, 1.165) is 17.9 Å². The summed E-state index contributed by atoms with van der Waals surface area (Å²) in [6.45, 7) is 1.35. The van der Waals surface area contributed by atoms with Gasteiger partial charge in [0, 0.05) is 18.4 Å². The molecule has 0 aromatic rings. The van der Waals surface area contributed by atoms with Gasteiger partial charge in [0.25, 0.3) is 0 Å². The van der Waals surface area contributed by atoms with Gasteiger partial charge in [-0.25, -0.2) is 5.84 Å². The van der Waals surface area contributed by atoms with Crippen LogP contribution in [0, 0.1) is 11.8 Å². The number of nitrogens with zero attached hydrogens (tertiary/aromatic N) is 1. The first kappa shape index (κ1) is 15.6. The van der Waals surface area contributed by atoms with Crippen LogP contribution in [-0.2, 0) is 14.4 Å². The lowest BCUT2D eigenvalue weighted by Crippen LogP contribution is -2.58. The molecule has 0 heterocycles. The highest BCUT2D eigenvalue weighted by Gasteiger charge is 2.38. The first-order valence-electron chi connectivity index (χ1n) is 6.47. The maximum atomic E-state index is 12.3. The van der Waals surface area contributed by atoms with Gasteiger partial charge in [0.1, 0.15) is 11.8 Å². The van der Waals surface area contributed by atoms with Gasteiger partial charge in [-0.15, -0.1) is 0 Å². The fourth-order valence-corrected chi connectivity index (χ4v) is 2.62. The second kappa shape index (κ2) is 6.63. The fraction of sp³-hybridized carbons (Fsp3) is 0.750. The summed E-state index contributed by atoms with van der Waals surface area (Å²) >= 11 is 0. The third-order valence-electron chi connectivity index (χ3n) is 3.75. The van der Waals surface area contributed by atoms with E-state index in [1.54, 1.807) is 0 Å². The van der Waals surface area contributed by atoms with E-state index in [-0.39, 0.29) is 18.2 Å². The molecule has 1 rings (SSSR count). The molecular weight excluding hydrogens is 248 g/mol. The van der Waals surface area contributed by atoms with Gasteiger partial charge in [-0.1, -0.05) is 12.8 Å². The topological polar surface area (TPSA) is 133 Å². The predicted molar refractivity (Wildman–Crippen MR) is 69.2 cm³/mol. The molecule has 0 saturated heterocycles. The Kier molecular flexibility index (Phi) is 5.44. The van der Waals surface area contributed by atoms with Crippen LogP contribution in [0.1, 0.15) is 32.6 Å². The molecule has 0 aromatic heterocycles. The van der Waals surface area contributed by atoms with Gasteiger partial charge in [-0.05, 0) is 19.8 Å². The normalized spacial score (nSPS) is 24.6. The van der Waals surface area contributed by atoms with Gasteiger partial charge in [0.15, 0.2) is 0 Å². The molecule has 0 unspecified atom stereocenters. The van der Waals surface area contributed by atoms with E-state index < -0.39 is 23.8 Å². The highest BCUT2D eigenvalue weighted by Crippen LogP contribution is 2.32. The lowest BCUT2D eigenvalue weighted by Gasteiger charge is -2.33. The number of hydrazine groups is 1. The second-order valence-corrected chi connectivity index (χ2v) is 5.01. The minimum atomic E-state index is -1.03. The molecule has 0 aromatic carbocycles. The summed E-state index contributed by atoms with van der Waals surface area (Å²) in [5.74, 6) is 3.69. The van der Waals surface area contributed by atoms with E-state index in [9.17, 15) is 14.4 Å². The molecule has 1 saturated carbocycles. The molecule has 0 aliphatic heterocycles. The van der Waals surface area contributed by atoms with Crippen LogP contribution in [-0.4, -0.2) is 35.2 Å². The first-order valence-corrected chi connectivity index (χ1v) is 6.47. The summed E-state index contributed by atoms with van der Waals surface area (Å²) in [6.07, 6.45) is 3.09. The van der Waals surface area contributed by atoms with Crippen molar-refractivity contribution < 1.29 is 14.4 Å². The monoisotopic (exact) mass is 270 g/mol. The van der Waals surface area contributed by atoms with Crippen molar-refractivity contribution in [1.29, 1.82) is 0 Å². The molecule has 0 spiro atoms. The van der Waals surface area contributed by atoms with E-state index in [4.69, 9.17) is 17.3 Å². The average molecular weight is 270 g/mol. The van der Waals surface area contributed by atoms with E-state index >= 15 is 0 Å². The number of ketones is 1. The lowest BCUT2D eigenvalue weighted by molar-refractivity contribution is -0.147. The second-order valence-electron chi connectivity index (χ2n) is 5.01. The number of primary amides is 1. The van der Waals surface area contributed by atoms with Crippen molar-refractivity contribution in [3.05, 3.63) is 0 Å². The van der Waals surface area contributed by atoms with Crippen LogP contribution in [0.25, 0.3) is 0 Å². The molecule has 0 radical (unpaired) electrons. The molecule has 3 atom stereocenters. The van der Waals surface area contributed by atoms with Crippen molar-refractivity contribution >= 4 is 17.6 Å². The third-order valence-corrected chi connectivity index (χ3v) is 3.75. The third kappa shape index (κ3) is 3.51. The molecule has 7 nitrogen and oxygen atoms in total. The molecule has 108 valence electrons. The molecule has 7 heteroatoms. The van der Waals surface area contributed by atoms with Gasteiger partial charge in [0.05, 0.1) is 0 Å². The number of carbonyl (C=O) groups is 3. The maximum Gasteiger partial charge on any atom is 0.243 e. The zero-order valence-electron chi connectivity index (χ0n) is 11.2. The van der Waals surface area contributed by atoms with Crippen LogP contribution in [0.5, 0.6) is 0 Å². The number of carbonyl (C=O) groups excluding carboxylic acids is 3.